The molecular formula is C54H115MoO7P3S6. The van der Waals surface area contributed by atoms with Gasteiger partial charge in [-0.25, -0.2) is 0 Å². The van der Waals surface area contributed by atoms with Crippen LogP contribution in [0.25, 0.3) is 0 Å². The van der Waals surface area contributed by atoms with Crippen molar-refractivity contribution >= 4 is 86.6 Å². The Labute approximate surface area is 484 Å². The van der Waals surface area contributed by atoms with Crippen LogP contribution in [0.4, 0.5) is 0 Å². The minimum atomic E-state index is -3.51. The molecule has 17 heteroatoms. The molecule has 0 aliphatic carbocycles. The third-order valence-electron chi connectivity index (χ3n) is 12.7. The molecule has 0 bridgehead atoms. The number of hydrogen-bond acceptors (Lipinski definition) is 12. The van der Waals surface area contributed by atoms with Gasteiger partial charge in [0.2, 0.25) is 0 Å². The zero-order valence-corrected chi connectivity index (χ0v) is 56.0. The second-order valence-corrected chi connectivity index (χ2v) is 37.5. The molecule has 4 N–H and O–H groups in total. The molecule has 0 amide bonds. The average molecular weight is 1260 g/mol. The van der Waals surface area contributed by atoms with Gasteiger partial charge in [0.15, 0.2) is 0 Å². The Bertz CT molecular complexity index is 991. The Morgan fingerprint density at radius 1 is 0.225 bits per heavy atom. The summed E-state index contributed by atoms with van der Waals surface area (Å²) in [6, 6.07) is 0. The van der Waals surface area contributed by atoms with Crippen molar-refractivity contribution in [2.24, 2.45) is 0 Å². The van der Waals surface area contributed by atoms with Crippen LogP contribution in [-0.2, 0) is 62.0 Å². The van der Waals surface area contributed by atoms with E-state index in [1.54, 1.807) is 0 Å². The van der Waals surface area contributed by atoms with Gasteiger partial charge in [0.05, 0.1) is 0 Å². The van der Waals surface area contributed by atoms with E-state index in [1.807, 2.05) is 0 Å². The molecular weight excluding hydrogens is 1140 g/mol. The monoisotopic (exact) mass is 1260 g/mol. The third-order valence-corrected chi connectivity index (χ3v) is 22.4. The van der Waals surface area contributed by atoms with Crippen LogP contribution >= 0.6 is 51.2 Å². The summed E-state index contributed by atoms with van der Waals surface area (Å²) < 4.78 is 0. The van der Waals surface area contributed by atoms with Crippen molar-refractivity contribution in [1.29, 1.82) is 0 Å². The van der Waals surface area contributed by atoms with Gasteiger partial charge in [-0.1, -0.05) is 310 Å². The first-order valence-corrected chi connectivity index (χ1v) is 41.9. The van der Waals surface area contributed by atoms with E-state index in [1.165, 1.54) is 270 Å². The Morgan fingerprint density at radius 3 is 0.423 bits per heavy atom. The van der Waals surface area contributed by atoms with Gasteiger partial charge in [-0.15, -0.1) is 35.4 Å². The fourth-order valence-electron chi connectivity index (χ4n) is 8.48. The van der Waals surface area contributed by atoms with E-state index in [0.717, 1.165) is 72.7 Å². The van der Waals surface area contributed by atoms with Crippen LogP contribution in [0.3, 0.4) is 0 Å². The van der Waals surface area contributed by atoms with Gasteiger partial charge >= 0.3 is 21.1 Å². The van der Waals surface area contributed by atoms with E-state index < -0.39 is 17.1 Å². The predicted molar refractivity (Wildman–Crippen MR) is 325 cm³/mol. The van der Waals surface area contributed by atoms with E-state index in [9.17, 15) is 29.4 Å². The zero-order chi connectivity index (χ0) is 51.7. The van der Waals surface area contributed by atoms with Crippen molar-refractivity contribution < 1.29 is 55.9 Å². The second-order valence-electron chi connectivity index (χ2n) is 19.8. The van der Waals surface area contributed by atoms with Gasteiger partial charge in [0.1, 0.15) is 0 Å². The largest absolute Gasteiger partial charge is 4.00 e. The molecule has 0 saturated carbocycles. The molecule has 0 spiro atoms. The normalized spacial score (nSPS) is 11.6. The maximum absolute atomic E-state index is 10.8. The number of hydrogen-bond donors (Lipinski definition) is 0. The molecule has 0 rings (SSSR count). The summed E-state index contributed by atoms with van der Waals surface area (Å²) in [6.07, 6.45) is 64.4. The summed E-state index contributed by atoms with van der Waals surface area (Å²) in [5, 5.41) is 0. The first-order chi connectivity index (χ1) is 33.2. The number of unbranched alkanes of at least 4 members (excludes halogenated alkanes) is 45. The molecule has 7 nitrogen and oxygen atoms in total. The SMILES string of the molecule is CCCCCCCCCCCCCCCCCCSP([O-])([O-])=S.CCCCCCCCCCCCCCCCCCSP([O-])([O-])=S.CCCCCCCCCCCCCCCCCCSP([O-])([O-])=S.[Mo+4].[OH4+2]. The van der Waals surface area contributed by atoms with Gasteiger partial charge in [0, 0.05) is 0 Å². The van der Waals surface area contributed by atoms with Crippen LogP contribution < -0.4 is 29.4 Å². The van der Waals surface area contributed by atoms with Crippen LogP contribution in [0, 0.1) is 0 Å². The standard InChI is InChI=1S/3C18H39O2PS2.Mo.H4O/c3*1-2-3-4-5-6-7-8-9-10-11-12-13-14-15-16-17-18-23-21(19,20)22;;/h3*2-18H2,1H3,(H2,19,20,22);;1H4/q;;;+4;+2/p-6. The molecule has 0 aromatic heterocycles. The van der Waals surface area contributed by atoms with Gasteiger partial charge in [0.25, 0.3) is 0 Å². The molecule has 0 radical (unpaired) electrons. The van der Waals surface area contributed by atoms with Crippen molar-refractivity contribution in [3.8, 4) is 0 Å². The zero-order valence-electron chi connectivity index (χ0n) is 46.4. The topological polar surface area (TPSA) is 173 Å². The molecule has 0 atom stereocenters. The Kier molecular flexibility index (Phi) is 79.3. The molecule has 0 aliphatic rings. The molecule has 0 unspecified atom stereocenters. The summed E-state index contributed by atoms with van der Waals surface area (Å²) in [5.41, 5.74) is -10.5. The smallest absolute Gasteiger partial charge is 0.873 e. The first kappa shape index (κ1) is 83.2. The molecule has 0 aromatic rings. The predicted octanol–water partition coefficient (Wildman–Crippen LogP) is 16.6. The molecule has 0 heterocycles. The van der Waals surface area contributed by atoms with E-state index in [4.69, 9.17) is 0 Å². The maximum Gasteiger partial charge on any atom is 4.00 e. The summed E-state index contributed by atoms with van der Waals surface area (Å²) in [5.74, 6) is 2.01. The van der Waals surface area contributed by atoms with Crippen LogP contribution in [0.15, 0.2) is 0 Å². The third kappa shape index (κ3) is 93.1. The average Bonchev–Trinajstić information content (AvgIpc) is 3.29. The Balaban J connectivity index is -0.000000302. The van der Waals surface area contributed by atoms with Crippen LogP contribution in [0.2, 0.25) is 0 Å². The molecule has 0 fully saturated rings. The van der Waals surface area contributed by atoms with Crippen molar-refractivity contribution in [1.82, 2.24) is 0 Å². The van der Waals surface area contributed by atoms with Crippen molar-refractivity contribution in [2.45, 2.75) is 329 Å². The van der Waals surface area contributed by atoms with E-state index in [-0.39, 0.29) is 26.5 Å². The van der Waals surface area contributed by atoms with Gasteiger partial charge in [-0.05, 0) is 36.5 Å². The summed E-state index contributed by atoms with van der Waals surface area (Å²) in [6.45, 7) is 6.82. The van der Waals surface area contributed by atoms with Gasteiger partial charge in [-0.2, -0.15) is 51.2 Å². The van der Waals surface area contributed by atoms with Crippen molar-refractivity contribution in [2.75, 3.05) is 17.3 Å². The molecule has 0 aliphatic heterocycles. The summed E-state index contributed by atoms with van der Waals surface area (Å²) >= 11 is 15.9. The summed E-state index contributed by atoms with van der Waals surface area (Å²) in [7, 11) is 0. The van der Waals surface area contributed by atoms with E-state index in [2.05, 4.69) is 56.2 Å². The van der Waals surface area contributed by atoms with E-state index in [0.29, 0.717) is 17.3 Å². The van der Waals surface area contributed by atoms with Gasteiger partial charge in [-0.3, -0.25) is 0 Å². The maximum atomic E-state index is 10.8. The first-order valence-electron chi connectivity index (χ1n) is 29.2. The fourth-order valence-corrected chi connectivity index (χ4v) is 15.3. The minimum Gasteiger partial charge on any atom is -0.873 e. The second kappa shape index (κ2) is 67.7. The molecule has 71 heavy (non-hydrogen) atoms. The fraction of sp³-hybridized carbons (Fsp3) is 1.00. The molecule has 0 saturated heterocycles. The molecule has 0 aromatic carbocycles. The van der Waals surface area contributed by atoms with Crippen LogP contribution in [0.1, 0.15) is 329 Å². The van der Waals surface area contributed by atoms with Gasteiger partial charge < -0.3 is 34.8 Å². The van der Waals surface area contributed by atoms with Crippen LogP contribution in [-0.4, -0.2) is 17.3 Å². The van der Waals surface area contributed by atoms with Crippen molar-refractivity contribution in [3.05, 3.63) is 0 Å². The quantitative estimate of drug-likeness (QED) is 0.0321. The molecule has 430 valence electrons. The summed E-state index contributed by atoms with van der Waals surface area (Å²) in [4.78, 5) is 64.8. The Hall–Kier alpha value is 3.41. The minimum absolute atomic E-state index is 0. The van der Waals surface area contributed by atoms with Crippen molar-refractivity contribution in [3.63, 3.8) is 0 Å². The number of rotatable bonds is 54. The van der Waals surface area contributed by atoms with E-state index >= 15 is 0 Å². The van der Waals surface area contributed by atoms with Crippen LogP contribution in [0.5, 0.6) is 0 Å². The Morgan fingerprint density at radius 2 is 0.324 bits per heavy atom.